The second kappa shape index (κ2) is 6.57. The Bertz CT molecular complexity index is 1030. The summed E-state index contributed by atoms with van der Waals surface area (Å²) in [4.78, 5) is 13.5. The molecule has 0 unspecified atom stereocenters. The highest BCUT2D eigenvalue weighted by molar-refractivity contribution is 5.95. The monoisotopic (exact) mass is 362 g/mol. The number of benzene rings is 3. The van der Waals surface area contributed by atoms with Gasteiger partial charge < -0.3 is 25.5 Å². The molecule has 136 valence electrons. The lowest BCUT2D eigenvalue weighted by Gasteiger charge is -2.18. The number of aromatic hydroxyl groups is 2. The molecule has 0 bridgehead atoms. The van der Waals surface area contributed by atoms with E-state index in [1.807, 2.05) is 18.2 Å². The highest BCUT2D eigenvalue weighted by Crippen LogP contribution is 2.35. The maximum Gasteiger partial charge on any atom is 0.337 e. The first kappa shape index (κ1) is 16.8. The van der Waals surface area contributed by atoms with E-state index < -0.39 is 5.97 Å². The summed E-state index contributed by atoms with van der Waals surface area (Å²) in [6.07, 6.45) is 0. The first-order chi connectivity index (χ1) is 13.0. The van der Waals surface area contributed by atoms with Gasteiger partial charge in [0.1, 0.15) is 0 Å². The summed E-state index contributed by atoms with van der Waals surface area (Å²) in [5.74, 6) is -1.26. The number of hydrogen-bond donors (Lipinski definition) is 4. The summed E-state index contributed by atoms with van der Waals surface area (Å²) in [6, 6.07) is 17.5. The maximum atomic E-state index is 11.4. The Morgan fingerprint density at radius 2 is 1.67 bits per heavy atom. The highest BCUT2D eigenvalue weighted by atomic mass is 16.4. The van der Waals surface area contributed by atoms with Gasteiger partial charge in [0.2, 0.25) is 0 Å². The first-order valence-electron chi connectivity index (χ1n) is 8.49. The van der Waals surface area contributed by atoms with Crippen LogP contribution in [0.15, 0.2) is 60.7 Å². The normalized spacial score (nSPS) is 12.7. The van der Waals surface area contributed by atoms with E-state index in [0.717, 1.165) is 16.9 Å². The van der Waals surface area contributed by atoms with E-state index >= 15 is 0 Å². The number of phenols is 2. The Hall–Kier alpha value is -3.67. The number of fused-ring (bicyclic) bond motifs is 1. The number of carboxylic acid groups (broad SMARTS) is 1. The van der Waals surface area contributed by atoms with E-state index in [0.29, 0.717) is 18.8 Å². The number of nitrogens with one attached hydrogen (secondary N) is 1. The molecule has 0 aromatic heterocycles. The average molecular weight is 362 g/mol. The van der Waals surface area contributed by atoms with Gasteiger partial charge in [-0.25, -0.2) is 4.79 Å². The summed E-state index contributed by atoms with van der Waals surface area (Å²) >= 11 is 0. The quantitative estimate of drug-likeness (QED) is 0.523. The molecule has 0 amide bonds. The van der Waals surface area contributed by atoms with E-state index in [2.05, 4.69) is 10.2 Å². The minimum absolute atomic E-state index is 0.140. The van der Waals surface area contributed by atoms with Crippen LogP contribution < -0.4 is 10.2 Å². The largest absolute Gasteiger partial charge is 0.504 e. The van der Waals surface area contributed by atoms with Gasteiger partial charge in [-0.1, -0.05) is 18.2 Å². The summed E-state index contributed by atoms with van der Waals surface area (Å²) < 4.78 is 0. The van der Waals surface area contributed by atoms with E-state index in [1.54, 1.807) is 36.4 Å². The molecule has 0 atom stereocenters. The molecule has 3 aromatic carbocycles. The molecule has 0 radical (unpaired) electrons. The summed E-state index contributed by atoms with van der Waals surface area (Å²) in [6.45, 7) is 1.36. The maximum absolute atomic E-state index is 11.4. The summed E-state index contributed by atoms with van der Waals surface area (Å²) in [7, 11) is 0. The van der Waals surface area contributed by atoms with E-state index in [-0.39, 0.29) is 17.1 Å². The SMILES string of the molecule is O=C(O)c1ccccc1Nc1ccc2c(c1)CN(c1ccc(O)c(O)c1)C2. The molecule has 0 saturated carbocycles. The summed E-state index contributed by atoms with van der Waals surface area (Å²) in [5, 5.41) is 31.7. The molecule has 0 fully saturated rings. The average Bonchev–Trinajstić information content (AvgIpc) is 3.07. The Morgan fingerprint density at radius 1 is 0.889 bits per heavy atom. The number of rotatable bonds is 4. The lowest BCUT2D eigenvalue weighted by Crippen LogP contribution is -2.14. The van der Waals surface area contributed by atoms with Crippen LogP contribution in [0.25, 0.3) is 0 Å². The van der Waals surface area contributed by atoms with E-state index in [1.165, 1.54) is 11.6 Å². The Morgan fingerprint density at radius 3 is 2.44 bits per heavy atom. The van der Waals surface area contributed by atoms with Gasteiger partial charge in [0.15, 0.2) is 11.5 Å². The molecule has 0 saturated heterocycles. The Kier molecular flexibility index (Phi) is 4.08. The molecular weight excluding hydrogens is 344 g/mol. The number of nitrogens with zero attached hydrogens (tertiary/aromatic N) is 1. The van der Waals surface area contributed by atoms with Gasteiger partial charge in [0, 0.05) is 30.5 Å². The van der Waals surface area contributed by atoms with Gasteiger partial charge in [0.25, 0.3) is 0 Å². The van der Waals surface area contributed by atoms with Gasteiger partial charge in [-0.15, -0.1) is 0 Å². The molecule has 6 nitrogen and oxygen atoms in total. The van der Waals surface area contributed by atoms with Crippen molar-refractivity contribution in [3.05, 3.63) is 77.4 Å². The van der Waals surface area contributed by atoms with E-state index in [9.17, 15) is 20.1 Å². The van der Waals surface area contributed by atoms with Crippen LogP contribution in [0, 0.1) is 0 Å². The third-order valence-electron chi connectivity index (χ3n) is 4.69. The number of phenolic OH excluding ortho intramolecular Hbond substituents is 2. The second-order valence-corrected chi connectivity index (χ2v) is 6.49. The predicted molar refractivity (Wildman–Crippen MR) is 103 cm³/mol. The molecule has 1 heterocycles. The molecule has 0 spiro atoms. The molecule has 1 aliphatic heterocycles. The van der Waals surface area contributed by atoms with Crippen LogP contribution in [0.3, 0.4) is 0 Å². The number of para-hydroxylation sites is 1. The van der Waals surface area contributed by atoms with Crippen LogP contribution in [0.4, 0.5) is 17.1 Å². The second-order valence-electron chi connectivity index (χ2n) is 6.49. The zero-order valence-electron chi connectivity index (χ0n) is 14.4. The molecule has 3 aromatic rings. The molecule has 27 heavy (non-hydrogen) atoms. The third-order valence-corrected chi connectivity index (χ3v) is 4.69. The zero-order valence-corrected chi connectivity index (χ0v) is 14.4. The van der Waals surface area contributed by atoms with Crippen LogP contribution in [0.5, 0.6) is 11.5 Å². The minimum Gasteiger partial charge on any atom is -0.504 e. The summed E-state index contributed by atoms with van der Waals surface area (Å²) in [5.41, 5.74) is 4.70. The zero-order chi connectivity index (χ0) is 19.0. The van der Waals surface area contributed by atoms with Gasteiger partial charge >= 0.3 is 5.97 Å². The number of carboxylic acids is 1. The number of carbonyl (C=O) groups is 1. The molecule has 6 heteroatoms. The van der Waals surface area contributed by atoms with E-state index in [4.69, 9.17) is 0 Å². The van der Waals surface area contributed by atoms with Crippen molar-refractivity contribution in [3.63, 3.8) is 0 Å². The van der Waals surface area contributed by atoms with Crippen molar-refractivity contribution in [2.45, 2.75) is 13.1 Å². The topological polar surface area (TPSA) is 93.0 Å². The predicted octanol–water partition coefficient (Wildman–Crippen LogP) is 4.06. The molecule has 0 aliphatic carbocycles. The molecular formula is C21H18N2O4. The lowest BCUT2D eigenvalue weighted by molar-refractivity contribution is 0.0698. The first-order valence-corrected chi connectivity index (χ1v) is 8.49. The van der Waals surface area contributed by atoms with Crippen LogP contribution in [0.1, 0.15) is 21.5 Å². The fourth-order valence-electron chi connectivity index (χ4n) is 3.30. The number of aromatic carboxylic acids is 1. The fraction of sp³-hybridized carbons (Fsp3) is 0.0952. The van der Waals surface area contributed by atoms with Crippen molar-refractivity contribution in [1.82, 2.24) is 0 Å². The highest BCUT2D eigenvalue weighted by Gasteiger charge is 2.20. The number of anilines is 3. The van der Waals surface area contributed by atoms with Crippen molar-refractivity contribution in [1.29, 1.82) is 0 Å². The minimum atomic E-state index is -0.974. The lowest BCUT2D eigenvalue weighted by atomic mass is 10.1. The third kappa shape index (κ3) is 3.25. The van der Waals surface area contributed by atoms with Crippen molar-refractivity contribution < 1.29 is 20.1 Å². The van der Waals surface area contributed by atoms with Crippen molar-refractivity contribution in [2.24, 2.45) is 0 Å². The van der Waals surface area contributed by atoms with Crippen LogP contribution in [-0.4, -0.2) is 21.3 Å². The van der Waals surface area contributed by atoms with Gasteiger partial charge in [-0.05, 0) is 47.5 Å². The standard InChI is InChI=1S/C21H18N2O4/c24-19-8-7-16(10-20(19)25)23-11-13-5-6-15(9-14(13)12-23)22-18-4-2-1-3-17(18)21(26)27/h1-10,22,24-25H,11-12H2,(H,26,27). The smallest absolute Gasteiger partial charge is 0.337 e. The van der Waals surface area contributed by atoms with Gasteiger partial charge in [-0.2, -0.15) is 0 Å². The van der Waals surface area contributed by atoms with Crippen molar-refractivity contribution >= 4 is 23.0 Å². The Balaban J connectivity index is 1.57. The van der Waals surface area contributed by atoms with Crippen LogP contribution >= 0.6 is 0 Å². The van der Waals surface area contributed by atoms with Crippen LogP contribution in [-0.2, 0) is 13.1 Å². The van der Waals surface area contributed by atoms with Crippen molar-refractivity contribution in [3.8, 4) is 11.5 Å². The number of hydrogen-bond acceptors (Lipinski definition) is 5. The molecule has 4 N–H and O–H groups in total. The Labute approximate surface area is 155 Å². The van der Waals surface area contributed by atoms with Gasteiger partial charge in [-0.3, -0.25) is 0 Å². The molecule has 4 rings (SSSR count). The molecule has 1 aliphatic rings. The van der Waals surface area contributed by atoms with Crippen LogP contribution in [0.2, 0.25) is 0 Å². The van der Waals surface area contributed by atoms with Crippen molar-refractivity contribution in [2.75, 3.05) is 10.2 Å². The van der Waals surface area contributed by atoms with Gasteiger partial charge in [0.05, 0.1) is 11.3 Å². The fourth-order valence-corrected chi connectivity index (χ4v) is 3.30.